The summed E-state index contributed by atoms with van der Waals surface area (Å²) < 4.78 is 37.0. The molecule has 1 aliphatic heterocycles. The average molecular weight is 328 g/mol. The summed E-state index contributed by atoms with van der Waals surface area (Å²) in [6.45, 7) is 0.906. The number of benzene rings is 1. The highest BCUT2D eigenvalue weighted by molar-refractivity contribution is 5.89. The summed E-state index contributed by atoms with van der Waals surface area (Å²) in [5.41, 5.74) is 2.23. The molecule has 0 unspecified atom stereocenters. The number of carbonyl (C=O) groups is 2. The van der Waals surface area contributed by atoms with E-state index in [9.17, 15) is 22.8 Å². The number of amides is 2. The molecule has 2 rings (SSSR count). The molecule has 1 saturated heterocycles. The van der Waals surface area contributed by atoms with Crippen LogP contribution >= 0.6 is 0 Å². The van der Waals surface area contributed by atoms with Crippen molar-refractivity contribution in [3.63, 3.8) is 0 Å². The van der Waals surface area contributed by atoms with Crippen LogP contribution in [0.4, 0.5) is 13.2 Å². The van der Waals surface area contributed by atoms with E-state index in [1.54, 1.807) is 0 Å². The molecule has 1 N–H and O–H groups in total. The van der Waals surface area contributed by atoms with Gasteiger partial charge in [-0.1, -0.05) is 24.3 Å². The topological polar surface area (TPSA) is 49.4 Å². The van der Waals surface area contributed by atoms with Gasteiger partial charge >= 0.3 is 6.18 Å². The minimum atomic E-state index is -4.44. The standard InChI is InChI=1S/C16H19F3N2O2/c1-11-4-2-3-5-12(11)6-7-20-15(23)13-8-14(22)21(9-13)10-16(17,18)19/h2-5,13H,6-10H2,1H3,(H,20,23)/t13-/m1/s1. The third-order valence-electron chi connectivity index (χ3n) is 3.91. The Morgan fingerprint density at radius 1 is 1.35 bits per heavy atom. The van der Waals surface area contributed by atoms with E-state index in [1.165, 1.54) is 0 Å². The van der Waals surface area contributed by atoms with Crippen molar-refractivity contribution in [1.82, 2.24) is 10.2 Å². The lowest BCUT2D eigenvalue weighted by atomic mass is 10.1. The van der Waals surface area contributed by atoms with E-state index < -0.39 is 24.5 Å². The zero-order valence-corrected chi connectivity index (χ0v) is 12.8. The Balaban J connectivity index is 1.80. The number of nitrogens with zero attached hydrogens (tertiary/aromatic N) is 1. The molecule has 0 radical (unpaired) electrons. The lowest BCUT2D eigenvalue weighted by Crippen LogP contribution is -2.37. The molecule has 23 heavy (non-hydrogen) atoms. The summed E-state index contributed by atoms with van der Waals surface area (Å²) in [6.07, 6.45) is -3.95. The van der Waals surface area contributed by atoms with E-state index in [4.69, 9.17) is 0 Å². The Hall–Kier alpha value is -2.05. The quantitative estimate of drug-likeness (QED) is 0.899. The fourth-order valence-corrected chi connectivity index (χ4v) is 2.67. The highest BCUT2D eigenvalue weighted by Crippen LogP contribution is 2.23. The molecule has 1 aliphatic rings. The molecular formula is C16H19F3N2O2. The molecule has 4 nitrogen and oxygen atoms in total. The first-order chi connectivity index (χ1) is 10.8. The van der Waals surface area contributed by atoms with Gasteiger partial charge < -0.3 is 10.2 Å². The molecule has 0 saturated carbocycles. The molecule has 1 aromatic rings. The van der Waals surface area contributed by atoms with Crippen molar-refractivity contribution in [3.8, 4) is 0 Å². The van der Waals surface area contributed by atoms with Crippen LogP contribution in [0, 0.1) is 12.8 Å². The molecule has 7 heteroatoms. The maximum atomic E-state index is 12.3. The van der Waals surface area contributed by atoms with Gasteiger partial charge in [0.25, 0.3) is 0 Å². The first-order valence-corrected chi connectivity index (χ1v) is 7.43. The first-order valence-electron chi connectivity index (χ1n) is 7.43. The van der Waals surface area contributed by atoms with E-state index in [2.05, 4.69) is 5.32 Å². The Kier molecular flexibility index (Phi) is 5.28. The SMILES string of the molecule is Cc1ccccc1CCNC(=O)[C@@H]1CC(=O)N(CC(F)(F)F)C1. The largest absolute Gasteiger partial charge is 0.406 e. The fraction of sp³-hybridized carbons (Fsp3) is 0.500. The van der Waals surface area contributed by atoms with E-state index in [1.807, 2.05) is 31.2 Å². The predicted octanol–water partition coefficient (Wildman–Crippen LogP) is 2.06. The number of rotatable bonds is 5. The summed E-state index contributed by atoms with van der Waals surface area (Å²) in [5.74, 6) is -1.69. The lowest BCUT2D eigenvalue weighted by molar-refractivity contribution is -0.157. The Morgan fingerprint density at radius 3 is 2.70 bits per heavy atom. The van der Waals surface area contributed by atoms with Crippen LogP contribution in [0.15, 0.2) is 24.3 Å². The number of aryl methyl sites for hydroxylation is 1. The molecule has 0 spiro atoms. The normalized spacial score (nSPS) is 18.3. The zero-order chi connectivity index (χ0) is 17.0. The summed E-state index contributed by atoms with van der Waals surface area (Å²) in [6, 6.07) is 7.78. The maximum absolute atomic E-state index is 12.3. The summed E-state index contributed by atoms with van der Waals surface area (Å²) in [5, 5.41) is 2.71. The molecule has 1 heterocycles. The number of nitrogens with one attached hydrogen (secondary N) is 1. The smallest absolute Gasteiger partial charge is 0.355 e. The second kappa shape index (κ2) is 7.02. The predicted molar refractivity (Wildman–Crippen MR) is 78.6 cm³/mol. The van der Waals surface area contributed by atoms with Gasteiger partial charge in [-0.05, 0) is 24.5 Å². The number of hydrogen-bond donors (Lipinski definition) is 1. The molecule has 0 bridgehead atoms. The van der Waals surface area contributed by atoms with Crippen LogP contribution in [0.25, 0.3) is 0 Å². The second-order valence-corrected chi connectivity index (χ2v) is 5.76. The number of halogens is 3. The van der Waals surface area contributed by atoms with Gasteiger partial charge in [-0.2, -0.15) is 13.2 Å². The van der Waals surface area contributed by atoms with Crippen LogP contribution in [0.3, 0.4) is 0 Å². The molecule has 0 aliphatic carbocycles. The van der Waals surface area contributed by atoms with Crippen LogP contribution in [-0.2, 0) is 16.0 Å². The van der Waals surface area contributed by atoms with Crippen LogP contribution in [0.5, 0.6) is 0 Å². The third kappa shape index (κ3) is 4.97. The Morgan fingerprint density at radius 2 is 2.04 bits per heavy atom. The highest BCUT2D eigenvalue weighted by Gasteiger charge is 2.40. The van der Waals surface area contributed by atoms with Gasteiger partial charge in [-0.3, -0.25) is 9.59 Å². The van der Waals surface area contributed by atoms with E-state index in [-0.39, 0.29) is 18.9 Å². The molecule has 0 aromatic heterocycles. The average Bonchev–Trinajstić information content (AvgIpc) is 2.80. The van der Waals surface area contributed by atoms with Gasteiger partial charge in [-0.15, -0.1) is 0 Å². The minimum Gasteiger partial charge on any atom is -0.355 e. The number of likely N-dealkylation sites (tertiary alicyclic amines) is 1. The maximum Gasteiger partial charge on any atom is 0.406 e. The number of hydrogen-bond acceptors (Lipinski definition) is 2. The van der Waals surface area contributed by atoms with Crippen molar-refractivity contribution in [2.75, 3.05) is 19.6 Å². The molecule has 1 aromatic carbocycles. The molecule has 1 fully saturated rings. The van der Waals surface area contributed by atoms with Crippen molar-refractivity contribution in [1.29, 1.82) is 0 Å². The molecular weight excluding hydrogens is 309 g/mol. The molecule has 1 atom stereocenters. The van der Waals surface area contributed by atoms with Crippen LogP contribution in [-0.4, -0.2) is 42.5 Å². The van der Waals surface area contributed by atoms with Crippen molar-refractivity contribution in [2.45, 2.75) is 25.9 Å². The Labute approximate surface area is 132 Å². The van der Waals surface area contributed by atoms with Gasteiger partial charge in [0.1, 0.15) is 6.54 Å². The Bertz CT molecular complexity index is 587. The van der Waals surface area contributed by atoms with Crippen molar-refractivity contribution in [3.05, 3.63) is 35.4 Å². The van der Waals surface area contributed by atoms with Crippen LogP contribution in [0.1, 0.15) is 17.5 Å². The number of alkyl halides is 3. The van der Waals surface area contributed by atoms with E-state index in [0.29, 0.717) is 17.9 Å². The van der Waals surface area contributed by atoms with Crippen molar-refractivity contribution >= 4 is 11.8 Å². The lowest BCUT2D eigenvalue weighted by Gasteiger charge is -2.18. The van der Waals surface area contributed by atoms with Crippen molar-refractivity contribution in [2.24, 2.45) is 5.92 Å². The van der Waals surface area contributed by atoms with Crippen molar-refractivity contribution < 1.29 is 22.8 Å². The van der Waals surface area contributed by atoms with Gasteiger partial charge in [0.05, 0.1) is 5.92 Å². The molecule has 126 valence electrons. The van der Waals surface area contributed by atoms with Crippen LogP contribution in [0.2, 0.25) is 0 Å². The third-order valence-corrected chi connectivity index (χ3v) is 3.91. The monoisotopic (exact) mass is 328 g/mol. The molecule has 2 amide bonds. The van der Waals surface area contributed by atoms with Gasteiger partial charge in [-0.25, -0.2) is 0 Å². The fourth-order valence-electron chi connectivity index (χ4n) is 2.67. The second-order valence-electron chi connectivity index (χ2n) is 5.76. The van der Waals surface area contributed by atoms with E-state index in [0.717, 1.165) is 11.1 Å². The van der Waals surface area contributed by atoms with E-state index >= 15 is 0 Å². The summed E-state index contributed by atoms with van der Waals surface area (Å²) in [7, 11) is 0. The van der Waals surface area contributed by atoms with Crippen LogP contribution < -0.4 is 5.32 Å². The van der Waals surface area contributed by atoms with Gasteiger partial charge in [0.2, 0.25) is 11.8 Å². The van der Waals surface area contributed by atoms with Gasteiger partial charge in [0, 0.05) is 19.5 Å². The first kappa shape index (κ1) is 17.3. The zero-order valence-electron chi connectivity index (χ0n) is 12.8. The minimum absolute atomic E-state index is 0.160. The highest BCUT2D eigenvalue weighted by atomic mass is 19.4. The van der Waals surface area contributed by atoms with Gasteiger partial charge in [0.15, 0.2) is 0 Å². The number of carbonyl (C=O) groups excluding carboxylic acids is 2. The summed E-state index contributed by atoms with van der Waals surface area (Å²) >= 11 is 0. The summed E-state index contributed by atoms with van der Waals surface area (Å²) in [4.78, 5) is 24.3.